The molecular weight excluding hydrogens is 282 g/mol. The highest BCUT2D eigenvalue weighted by molar-refractivity contribution is 5.96. The van der Waals surface area contributed by atoms with Gasteiger partial charge in [0.1, 0.15) is 6.04 Å². The molecule has 1 aliphatic heterocycles. The average Bonchev–Trinajstić information content (AvgIpc) is 2.84. The molecule has 2 heterocycles. The molecule has 122 valence electrons. The molecule has 6 heteroatoms. The number of oxazole rings is 1. The Hall–Kier alpha value is -1.85. The molecule has 1 aliphatic rings. The Kier molecular flexibility index (Phi) is 4.88. The van der Waals surface area contributed by atoms with Crippen LogP contribution in [0.15, 0.2) is 4.42 Å². The average molecular weight is 307 g/mol. The number of hydrogen-bond donors (Lipinski definition) is 0. The minimum Gasteiger partial charge on any atom is -0.435 e. The fourth-order valence-electron chi connectivity index (χ4n) is 2.76. The molecule has 6 nitrogen and oxygen atoms in total. The van der Waals surface area contributed by atoms with Crippen LogP contribution in [0.5, 0.6) is 0 Å². The van der Waals surface area contributed by atoms with E-state index in [1.165, 1.54) is 0 Å². The monoisotopic (exact) mass is 307 g/mol. The third-order valence-corrected chi connectivity index (χ3v) is 3.93. The Morgan fingerprint density at radius 3 is 2.64 bits per heavy atom. The molecule has 0 N–H and O–H groups in total. The standard InChI is InChI=1S/C16H25N3O3/c1-6-13-17-11(4)14(22-13)16(21)19-8-7-18(9-10(2)3)15(20)12(19)5/h10,12H,6-9H2,1-5H3. The third kappa shape index (κ3) is 3.15. The first kappa shape index (κ1) is 16.5. The van der Waals surface area contributed by atoms with Crippen molar-refractivity contribution in [1.82, 2.24) is 14.8 Å². The van der Waals surface area contributed by atoms with Gasteiger partial charge in [-0.1, -0.05) is 20.8 Å². The molecule has 1 unspecified atom stereocenters. The summed E-state index contributed by atoms with van der Waals surface area (Å²) in [7, 11) is 0. The highest BCUT2D eigenvalue weighted by atomic mass is 16.4. The van der Waals surface area contributed by atoms with Crippen LogP contribution in [0.2, 0.25) is 0 Å². The van der Waals surface area contributed by atoms with Crippen molar-refractivity contribution in [2.24, 2.45) is 5.92 Å². The van der Waals surface area contributed by atoms with Crippen LogP contribution < -0.4 is 0 Å². The molecular formula is C16H25N3O3. The normalized spacial score (nSPS) is 19.2. The minimum absolute atomic E-state index is 0.00110. The zero-order chi connectivity index (χ0) is 16.4. The van der Waals surface area contributed by atoms with Crippen molar-refractivity contribution in [3.8, 4) is 0 Å². The molecule has 1 fully saturated rings. The molecule has 0 bridgehead atoms. The number of amides is 2. The lowest BCUT2D eigenvalue weighted by atomic mass is 10.1. The number of aromatic nitrogens is 1. The number of nitrogens with zero attached hydrogens (tertiary/aromatic N) is 3. The molecule has 0 saturated carbocycles. The van der Waals surface area contributed by atoms with Crippen molar-refractivity contribution in [2.45, 2.75) is 47.1 Å². The van der Waals surface area contributed by atoms with Crippen molar-refractivity contribution in [2.75, 3.05) is 19.6 Å². The summed E-state index contributed by atoms with van der Waals surface area (Å²) < 4.78 is 5.53. The lowest BCUT2D eigenvalue weighted by molar-refractivity contribution is -0.140. The van der Waals surface area contributed by atoms with Crippen LogP contribution >= 0.6 is 0 Å². The zero-order valence-corrected chi connectivity index (χ0v) is 14.0. The quantitative estimate of drug-likeness (QED) is 0.852. The van der Waals surface area contributed by atoms with Crippen LogP contribution in [0.3, 0.4) is 0 Å². The Bertz CT molecular complexity index is 565. The van der Waals surface area contributed by atoms with E-state index in [4.69, 9.17) is 4.42 Å². The second-order valence-corrected chi connectivity index (χ2v) is 6.23. The Morgan fingerprint density at radius 2 is 2.09 bits per heavy atom. The van der Waals surface area contributed by atoms with E-state index in [2.05, 4.69) is 18.8 Å². The van der Waals surface area contributed by atoms with E-state index in [0.717, 1.165) is 6.54 Å². The number of aryl methyl sites for hydroxylation is 2. The fraction of sp³-hybridized carbons (Fsp3) is 0.688. The molecule has 22 heavy (non-hydrogen) atoms. The van der Waals surface area contributed by atoms with E-state index >= 15 is 0 Å². The van der Waals surface area contributed by atoms with Crippen LogP contribution in [-0.4, -0.2) is 52.3 Å². The van der Waals surface area contributed by atoms with E-state index in [0.29, 0.717) is 37.0 Å². The Morgan fingerprint density at radius 1 is 1.41 bits per heavy atom. The highest BCUT2D eigenvalue weighted by Gasteiger charge is 2.36. The van der Waals surface area contributed by atoms with Gasteiger partial charge in [-0.25, -0.2) is 4.98 Å². The van der Waals surface area contributed by atoms with Gasteiger partial charge in [-0.15, -0.1) is 0 Å². The summed E-state index contributed by atoms with van der Waals surface area (Å²) in [6.45, 7) is 11.5. The smallest absolute Gasteiger partial charge is 0.292 e. The van der Waals surface area contributed by atoms with E-state index in [9.17, 15) is 9.59 Å². The summed E-state index contributed by atoms with van der Waals surface area (Å²) in [5.41, 5.74) is 0.589. The highest BCUT2D eigenvalue weighted by Crippen LogP contribution is 2.19. The van der Waals surface area contributed by atoms with Crippen molar-refractivity contribution in [1.29, 1.82) is 0 Å². The maximum absolute atomic E-state index is 12.7. The molecule has 0 aromatic carbocycles. The molecule has 0 aliphatic carbocycles. The number of carbonyl (C=O) groups excluding carboxylic acids is 2. The van der Waals surface area contributed by atoms with Gasteiger partial charge in [-0.3, -0.25) is 9.59 Å². The summed E-state index contributed by atoms with van der Waals surface area (Å²) >= 11 is 0. The van der Waals surface area contributed by atoms with Crippen LogP contribution in [0.25, 0.3) is 0 Å². The first-order chi connectivity index (χ1) is 10.3. The van der Waals surface area contributed by atoms with E-state index < -0.39 is 6.04 Å². The molecule has 1 saturated heterocycles. The first-order valence-corrected chi connectivity index (χ1v) is 7.91. The zero-order valence-electron chi connectivity index (χ0n) is 14.0. The first-order valence-electron chi connectivity index (χ1n) is 7.91. The second kappa shape index (κ2) is 6.50. The summed E-state index contributed by atoms with van der Waals surface area (Å²) in [4.78, 5) is 32.8. The molecule has 1 aromatic heterocycles. The predicted octanol–water partition coefficient (Wildman–Crippen LogP) is 1.87. The van der Waals surface area contributed by atoms with Crippen LogP contribution in [0.4, 0.5) is 0 Å². The molecule has 2 amide bonds. The van der Waals surface area contributed by atoms with Gasteiger partial charge in [0.05, 0.1) is 5.69 Å². The largest absolute Gasteiger partial charge is 0.435 e. The minimum atomic E-state index is -0.463. The summed E-state index contributed by atoms with van der Waals surface area (Å²) in [5.74, 6) is 0.991. The summed E-state index contributed by atoms with van der Waals surface area (Å²) in [6, 6.07) is -0.463. The van der Waals surface area contributed by atoms with Crippen LogP contribution in [0.1, 0.15) is 49.8 Å². The van der Waals surface area contributed by atoms with Crippen molar-refractivity contribution < 1.29 is 14.0 Å². The van der Waals surface area contributed by atoms with Crippen LogP contribution in [0, 0.1) is 12.8 Å². The van der Waals surface area contributed by atoms with Gasteiger partial charge in [-0.2, -0.15) is 0 Å². The maximum atomic E-state index is 12.7. The number of rotatable bonds is 4. The Balaban J connectivity index is 2.14. The van der Waals surface area contributed by atoms with Gasteiger partial charge < -0.3 is 14.2 Å². The van der Waals surface area contributed by atoms with Crippen molar-refractivity contribution in [3.05, 3.63) is 17.3 Å². The number of hydrogen-bond acceptors (Lipinski definition) is 4. The fourth-order valence-corrected chi connectivity index (χ4v) is 2.76. The summed E-state index contributed by atoms with van der Waals surface area (Å²) in [6.07, 6.45) is 0.644. The maximum Gasteiger partial charge on any atom is 0.292 e. The topological polar surface area (TPSA) is 66.7 Å². The number of piperazine rings is 1. The lowest BCUT2D eigenvalue weighted by Crippen LogP contribution is -2.58. The molecule has 0 radical (unpaired) electrons. The third-order valence-electron chi connectivity index (χ3n) is 3.93. The van der Waals surface area contributed by atoms with Gasteiger partial charge in [0.2, 0.25) is 11.7 Å². The molecule has 0 spiro atoms. The van der Waals surface area contributed by atoms with Gasteiger partial charge in [-0.05, 0) is 19.8 Å². The van der Waals surface area contributed by atoms with Gasteiger partial charge >= 0.3 is 0 Å². The molecule has 1 atom stereocenters. The number of carbonyl (C=O) groups is 2. The predicted molar refractivity (Wildman–Crippen MR) is 82.5 cm³/mol. The SMILES string of the molecule is CCc1nc(C)c(C(=O)N2CCN(CC(C)C)C(=O)C2C)o1. The van der Waals surface area contributed by atoms with Gasteiger partial charge in [0.25, 0.3) is 5.91 Å². The van der Waals surface area contributed by atoms with Crippen molar-refractivity contribution >= 4 is 11.8 Å². The van der Waals surface area contributed by atoms with Gasteiger partial charge in [0.15, 0.2) is 5.89 Å². The Labute approximate surface area is 131 Å². The van der Waals surface area contributed by atoms with E-state index in [-0.39, 0.29) is 17.6 Å². The van der Waals surface area contributed by atoms with E-state index in [1.807, 2.05) is 11.8 Å². The van der Waals surface area contributed by atoms with Gasteiger partial charge in [0, 0.05) is 26.1 Å². The lowest BCUT2D eigenvalue weighted by Gasteiger charge is -2.39. The van der Waals surface area contributed by atoms with Crippen molar-refractivity contribution in [3.63, 3.8) is 0 Å². The molecule has 2 rings (SSSR count). The summed E-state index contributed by atoms with van der Waals surface area (Å²) in [5, 5.41) is 0. The second-order valence-electron chi connectivity index (χ2n) is 6.23. The van der Waals surface area contributed by atoms with Crippen LogP contribution in [-0.2, 0) is 11.2 Å². The molecule has 1 aromatic rings. The van der Waals surface area contributed by atoms with E-state index in [1.54, 1.807) is 18.7 Å².